The summed E-state index contributed by atoms with van der Waals surface area (Å²) in [5, 5.41) is 13.4. The molecule has 150 valence electrons. The molecule has 0 bridgehead atoms. The van der Waals surface area contributed by atoms with Crippen LogP contribution in [0.2, 0.25) is 0 Å². The van der Waals surface area contributed by atoms with Gasteiger partial charge in [0.1, 0.15) is 22.1 Å². The maximum atomic E-state index is 13.3. The van der Waals surface area contributed by atoms with Crippen molar-refractivity contribution in [2.45, 2.75) is 28.6 Å². The summed E-state index contributed by atoms with van der Waals surface area (Å²) in [4.78, 5) is 11.6. The Hall–Kier alpha value is -2.49. The fourth-order valence-corrected chi connectivity index (χ4v) is 5.47. The van der Waals surface area contributed by atoms with Crippen LogP contribution >= 0.6 is 0 Å². The number of aliphatic hydroxyl groups is 1. The van der Waals surface area contributed by atoms with E-state index in [2.05, 4.69) is 5.32 Å². The number of piperidine rings is 1. The molecular formula is C19H21FN2O5S. The number of nitrogens with one attached hydrogen (secondary N) is 1. The van der Waals surface area contributed by atoms with Gasteiger partial charge in [-0.1, -0.05) is 0 Å². The van der Waals surface area contributed by atoms with Gasteiger partial charge in [-0.2, -0.15) is 0 Å². The van der Waals surface area contributed by atoms with Gasteiger partial charge in [0, 0.05) is 0 Å². The smallest absolute Gasteiger partial charge is 0.247 e. The summed E-state index contributed by atoms with van der Waals surface area (Å²) in [6, 6.07) is 11.0. The summed E-state index contributed by atoms with van der Waals surface area (Å²) in [6.07, 6.45) is -1.68. The molecule has 1 unspecified atom stereocenters. The lowest BCUT2D eigenvalue weighted by atomic mass is 9.90. The molecule has 1 atom stereocenters. The number of amides is 1. The Kier molecular flexibility index (Phi) is 5.69. The molecule has 1 aliphatic heterocycles. The fourth-order valence-electron chi connectivity index (χ4n) is 3.36. The van der Waals surface area contributed by atoms with Gasteiger partial charge in [-0.3, -0.25) is 4.79 Å². The SMILES string of the molecule is NC(=O)C(O)C1(S(=O)(=O)c2ccc(Oc3ccc(F)cc3)cc2)CCNCC1. The highest BCUT2D eigenvalue weighted by molar-refractivity contribution is 7.93. The van der Waals surface area contributed by atoms with Crippen molar-refractivity contribution in [1.29, 1.82) is 0 Å². The van der Waals surface area contributed by atoms with Crippen molar-refractivity contribution < 1.29 is 27.4 Å². The quantitative estimate of drug-likeness (QED) is 0.664. The van der Waals surface area contributed by atoms with Crippen LogP contribution in [0.25, 0.3) is 0 Å². The molecule has 7 nitrogen and oxygen atoms in total. The van der Waals surface area contributed by atoms with E-state index in [1.807, 2.05) is 0 Å². The summed E-state index contributed by atoms with van der Waals surface area (Å²) in [5.41, 5.74) is 5.23. The van der Waals surface area contributed by atoms with Crippen LogP contribution in [0.5, 0.6) is 11.5 Å². The molecule has 28 heavy (non-hydrogen) atoms. The third kappa shape index (κ3) is 3.73. The summed E-state index contributed by atoms with van der Waals surface area (Å²) in [6.45, 7) is 0.685. The van der Waals surface area contributed by atoms with Gasteiger partial charge in [0.05, 0.1) is 4.90 Å². The van der Waals surface area contributed by atoms with E-state index in [4.69, 9.17) is 10.5 Å². The molecule has 2 aromatic carbocycles. The Labute approximate surface area is 162 Å². The van der Waals surface area contributed by atoms with Crippen molar-refractivity contribution in [1.82, 2.24) is 5.32 Å². The first-order chi connectivity index (χ1) is 13.3. The number of sulfone groups is 1. The first kappa shape index (κ1) is 20.2. The van der Waals surface area contributed by atoms with E-state index in [0.29, 0.717) is 24.6 Å². The number of ether oxygens (including phenoxy) is 1. The zero-order valence-corrected chi connectivity index (χ0v) is 15.8. The van der Waals surface area contributed by atoms with Gasteiger partial charge < -0.3 is 20.9 Å². The molecule has 1 aliphatic rings. The number of carbonyl (C=O) groups excluding carboxylic acids is 1. The van der Waals surface area contributed by atoms with Gasteiger partial charge in [-0.15, -0.1) is 0 Å². The predicted octanol–water partition coefficient (Wildman–Crippen LogP) is 1.36. The Bertz CT molecular complexity index is 939. The van der Waals surface area contributed by atoms with Crippen molar-refractivity contribution in [2.75, 3.05) is 13.1 Å². The minimum atomic E-state index is -4.06. The van der Waals surface area contributed by atoms with Gasteiger partial charge in [0.25, 0.3) is 0 Å². The van der Waals surface area contributed by atoms with E-state index in [-0.39, 0.29) is 17.7 Å². The van der Waals surface area contributed by atoms with Gasteiger partial charge in [0.2, 0.25) is 5.91 Å². The van der Waals surface area contributed by atoms with Crippen LogP contribution in [-0.4, -0.2) is 43.4 Å². The summed E-state index contributed by atoms with van der Waals surface area (Å²) >= 11 is 0. The highest BCUT2D eigenvalue weighted by Gasteiger charge is 2.53. The standard InChI is InChI=1S/C19H21FN2O5S/c20-13-1-3-14(4-2-13)27-15-5-7-16(8-6-15)28(25,26)19(17(23)18(21)24)9-11-22-12-10-19/h1-8,17,22-23H,9-12H2,(H2,21,24). The van der Waals surface area contributed by atoms with E-state index in [0.717, 1.165) is 0 Å². The molecule has 9 heteroatoms. The van der Waals surface area contributed by atoms with Crippen molar-refractivity contribution in [3.8, 4) is 11.5 Å². The number of primary amides is 1. The highest BCUT2D eigenvalue weighted by Crippen LogP contribution is 2.37. The van der Waals surface area contributed by atoms with Crippen molar-refractivity contribution in [3.05, 3.63) is 54.3 Å². The predicted molar refractivity (Wildman–Crippen MR) is 100 cm³/mol. The molecule has 0 spiro atoms. The Balaban J connectivity index is 1.89. The van der Waals surface area contributed by atoms with E-state index in [1.165, 1.54) is 48.5 Å². The molecule has 0 saturated carbocycles. The molecule has 1 amide bonds. The zero-order valence-electron chi connectivity index (χ0n) is 15.0. The van der Waals surface area contributed by atoms with Crippen LogP contribution in [0, 0.1) is 5.82 Å². The van der Waals surface area contributed by atoms with Crippen LogP contribution in [0.3, 0.4) is 0 Å². The van der Waals surface area contributed by atoms with Gasteiger partial charge in [-0.05, 0) is 74.5 Å². The summed E-state index contributed by atoms with van der Waals surface area (Å²) in [5.74, 6) is -0.702. The number of benzene rings is 2. The number of aliphatic hydroxyl groups excluding tert-OH is 1. The fraction of sp³-hybridized carbons (Fsp3) is 0.316. The number of halogens is 1. The zero-order chi connectivity index (χ0) is 20.4. The molecule has 0 aromatic heterocycles. The summed E-state index contributed by atoms with van der Waals surface area (Å²) in [7, 11) is -4.06. The average Bonchev–Trinajstić information content (AvgIpc) is 2.70. The van der Waals surface area contributed by atoms with Crippen LogP contribution in [0.4, 0.5) is 4.39 Å². The van der Waals surface area contributed by atoms with Crippen molar-refractivity contribution >= 4 is 15.7 Å². The molecule has 1 fully saturated rings. The van der Waals surface area contributed by atoms with Crippen LogP contribution < -0.4 is 15.8 Å². The first-order valence-electron chi connectivity index (χ1n) is 8.72. The Morgan fingerprint density at radius 1 is 1.07 bits per heavy atom. The normalized spacial score (nSPS) is 17.6. The molecule has 4 N–H and O–H groups in total. The molecule has 3 rings (SSSR count). The number of hydrogen-bond donors (Lipinski definition) is 3. The van der Waals surface area contributed by atoms with Crippen LogP contribution in [0.15, 0.2) is 53.4 Å². The lowest BCUT2D eigenvalue weighted by Crippen LogP contribution is -2.59. The van der Waals surface area contributed by atoms with E-state index < -0.39 is 32.4 Å². The van der Waals surface area contributed by atoms with Gasteiger partial charge >= 0.3 is 0 Å². The lowest BCUT2D eigenvalue weighted by Gasteiger charge is -2.39. The topological polar surface area (TPSA) is 119 Å². The summed E-state index contributed by atoms with van der Waals surface area (Å²) < 4.78 is 43.4. The van der Waals surface area contributed by atoms with Crippen LogP contribution in [0.1, 0.15) is 12.8 Å². The Morgan fingerprint density at radius 3 is 2.07 bits per heavy atom. The molecule has 0 aliphatic carbocycles. The van der Waals surface area contributed by atoms with E-state index >= 15 is 0 Å². The molecule has 0 radical (unpaired) electrons. The van der Waals surface area contributed by atoms with Crippen molar-refractivity contribution in [2.24, 2.45) is 5.73 Å². The third-order valence-electron chi connectivity index (χ3n) is 4.94. The maximum Gasteiger partial charge on any atom is 0.247 e. The number of nitrogens with two attached hydrogens (primary N) is 1. The second-order valence-electron chi connectivity index (χ2n) is 6.65. The second-order valence-corrected chi connectivity index (χ2v) is 8.94. The molecular weight excluding hydrogens is 387 g/mol. The average molecular weight is 408 g/mol. The minimum absolute atomic E-state index is 0.0406. The van der Waals surface area contributed by atoms with E-state index in [9.17, 15) is 22.7 Å². The molecule has 2 aromatic rings. The third-order valence-corrected chi connectivity index (χ3v) is 7.53. The largest absolute Gasteiger partial charge is 0.457 e. The first-order valence-corrected chi connectivity index (χ1v) is 10.2. The lowest BCUT2D eigenvalue weighted by molar-refractivity contribution is -0.128. The Morgan fingerprint density at radius 2 is 1.57 bits per heavy atom. The van der Waals surface area contributed by atoms with E-state index in [1.54, 1.807) is 0 Å². The van der Waals surface area contributed by atoms with Crippen molar-refractivity contribution in [3.63, 3.8) is 0 Å². The monoisotopic (exact) mass is 408 g/mol. The number of rotatable bonds is 6. The number of carbonyl (C=O) groups is 1. The van der Waals surface area contributed by atoms with Gasteiger partial charge in [0.15, 0.2) is 15.9 Å². The maximum absolute atomic E-state index is 13.3. The van der Waals surface area contributed by atoms with Crippen LogP contribution in [-0.2, 0) is 14.6 Å². The molecule has 1 saturated heterocycles. The molecule has 1 heterocycles. The number of hydrogen-bond acceptors (Lipinski definition) is 6. The van der Waals surface area contributed by atoms with Gasteiger partial charge in [-0.25, -0.2) is 12.8 Å². The minimum Gasteiger partial charge on any atom is -0.457 e. The highest BCUT2D eigenvalue weighted by atomic mass is 32.2. The second kappa shape index (κ2) is 7.86.